The fourth-order valence-corrected chi connectivity index (χ4v) is 2.21. The molecule has 1 aromatic carbocycles. The number of aryl methyl sites for hydroxylation is 1. The highest BCUT2D eigenvalue weighted by Crippen LogP contribution is 2.33. The van der Waals surface area contributed by atoms with Crippen molar-refractivity contribution in [2.24, 2.45) is 0 Å². The van der Waals surface area contributed by atoms with Gasteiger partial charge in [0, 0.05) is 12.6 Å². The Kier molecular flexibility index (Phi) is 7.06. The molecule has 0 heterocycles. The van der Waals surface area contributed by atoms with Gasteiger partial charge in [-0.1, -0.05) is 13.5 Å². The normalized spacial score (nSPS) is 10.4. The van der Waals surface area contributed by atoms with Crippen molar-refractivity contribution in [3.63, 3.8) is 0 Å². The van der Waals surface area contributed by atoms with E-state index in [9.17, 15) is 9.59 Å². The first-order valence-electron chi connectivity index (χ1n) is 7.43. The van der Waals surface area contributed by atoms with Gasteiger partial charge in [-0.2, -0.15) is 0 Å². The molecule has 0 radical (unpaired) electrons. The molecule has 0 saturated carbocycles. The number of carbonyl (C=O) groups excluding carboxylic acids is 2. The molecule has 0 atom stereocenters. The highest BCUT2D eigenvalue weighted by Gasteiger charge is 2.14. The Hall–Kier alpha value is -2.56. The fraction of sp³-hybridized carbons (Fsp3) is 0.333. The molecule has 0 aliphatic rings. The molecule has 124 valence electrons. The number of ether oxygens (including phenoxy) is 2. The molecule has 5 nitrogen and oxygen atoms in total. The van der Waals surface area contributed by atoms with E-state index in [1.807, 2.05) is 13.0 Å². The van der Waals surface area contributed by atoms with Crippen LogP contribution in [0.5, 0.6) is 11.5 Å². The van der Waals surface area contributed by atoms with E-state index in [0.29, 0.717) is 18.0 Å². The molecular weight excluding hydrogens is 294 g/mol. The van der Waals surface area contributed by atoms with Crippen LogP contribution in [0.15, 0.2) is 30.9 Å². The summed E-state index contributed by atoms with van der Waals surface area (Å²) in [7, 11) is 3.16. The van der Waals surface area contributed by atoms with Crippen molar-refractivity contribution < 1.29 is 19.1 Å². The summed E-state index contributed by atoms with van der Waals surface area (Å²) in [6, 6.07) is 3.71. The Morgan fingerprint density at radius 1 is 1.17 bits per heavy atom. The summed E-state index contributed by atoms with van der Waals surface area (Å²) in [5.74, 6) is 0.498. The van der Waals surface area contributed by atoms with Gasteiger partial charge < -0.3 is 9.47 Å². The van der Waals surface area contributed by atoms with Gasteiger partial charge in [-0.3, -0.25) is 14.5 Å². The predicted octanol–water partition coefficient (Wildman–Crippen LogP) is 2.84. The van der Waals surface area contributed by atoms with Gasteiger partial charge in [-0.15, -0.1) is 0 Å². The van der Waals surface area contributed by atoms with E-state index in [4.69, 9.17) is 9.47 Å². The lowest BCUT2D eigenvalue weighted by Gasteiger charge is -2.15. The quantitative estimate of drug-likeness (QED) is 0.726. The summed E-state index contributed by atoms with van der Waals surface area (Å²) >= 11 is 0. The molecule has 0 spiro atoms. The Morgan fingerprint density at radius 3 is 2.35 bits per heavy atom. The Labute approximate surface area is 137 Å². The summed E-state index contributed by atoms with van der Waals surface area (Å²) in [5.41, 5.74) is 1.78. The summed E-state index contributed by atoms with van der Waals surface area (Å²) in [4.78, 5) is 24.8. The molecule has 0 bridgehead atoms. The van der Waals surface area contributed by atoms with Crippen LogP contribution in [-0.2, 0) is 16.0 Å². The maximum Gasteiger partial charge on any atom is 0.253 e. The first kappa shape index (κ1) is 18.5. The second-order valence-electron chi connectivity index (χ2n) is 4.73. The zero-order valence-electron chi connectivity index (χ0n) is 14.1. The number of amides is 2. The maximum atomic E-state index is 12.1. The fourth-order valence-electron chi connectivity index (χ4n) is 2.21. The Morgan fingerprint density at radius 2 is 1.87 bits per heavy atom. The number of likely N-dealkylation sites (N-methyl/N-ethyl adjacent to an activating group) is 1. The predicted molar refractivity (Wildman–Crippen MR) is 90.5 cm³/mol. The highest BCUT2D eigenvalue weighted by atomic mass is 16.5. The molecule has 2 amide bonds. The minimum atomic E-state index is -0.413. The number of methoxy groups -OCH3 is 2. The molecule has 0 aliphatic heterocycles. The molecule has 23 heavy (non-hydrogen) atoms. The number of rotatable bonds is 7. The maximum absolute atomic E-state index is 12.1. The van der Waals surface area contributed by atoms with Crippen LogP contribution in [-0.4, -0.2) is 37.5 Å². The minimum Gasteiger partial charge on any atom is -0.493 e. The average molecular weight is 317 g/mol. The number of carbonyl (C=O) groups is 2. The molecule has 0 aliphatic carbocycles. The third kappa shape index (κ3) is 4.45. The standard InChI is InChI=1S/C18H23NO4/c1-6-14-11-13(12-15(22-4)18(14)23-5)9-10-17(21)19(8-3)16(20)7-2/h7,9-12H,2,6,8H2,1,3-5H3/b10-9+. The van der Waals surface area contributed by atoms with E-state index >= 15 is 0 Å². The zero-order chi connectivity index (χ0) is 17.4. The van der Waals surface area contributed by atoms with Gasteiger partial charge in [0.05, 0.1) is 14.2 Å². The van der Waals surface area contributed by atoms with Crippen LogP contribution in [0.3, 0.4) is 0 Å². The number of hydrogen-bond acceptors (Lipinski definition) is 4. The number of imide groups is 1. The summed E-state index contributed by atoms with van der Waals surface area (Å²) in [6.07, 6.45) is 4.92. The second kappa shape index (κ2) is 8.78. The van der Waals surface area contributed by atoms with Crippen molar-refractivity contribution >= 4 is 17.9 Å². The van der Waals surface area contributed by atoms with Crippen molar-refractivity contribution in [2.45, 2.75) is 20.3 Å². The van der Waals surface area contributed by atoms with E-state index in [1.54, 1.807) is 33.3 Å². The van der Waals surface area contributed by atoms with Crippen molar-refractivity contribution in [3.05, 3.63) is 42.0 Å². The molecule has 0 N–H and O–H groups in total. The Bertz CT molecular complexity index is 594. The van der Waals surface area contributed by atoms with Crippen LogP contribution in [0.2, 0.25) is 0 Å². The lowest BCUT2D eigenvalue weighted by molar-refractivity contribution is -0.138. The summed E-state index contributed by atoms with van der Waals surface area (Å²) < 4.78 is 10.7. The van der Waals surface area contributed by atoms with Gasteiger partial charge in [0.25, 0.3) is 11.8 Å². The van der Waals surface area contributed by atoms with Crippen LogP contribution in [0.1, 0.15) is 25.0 Å². The van der Waals surface area contributed by atoms with Gasteiger partial charge >= 0.3 is 0 Å². The molecule has 1 aromatic rings. The van der Waals surface area contributed by atoms with E-state index in [1.165, 1.54) is 6.08 Å². The topological polar surface area (TPSA) is 55.8 Å². The molecule has 5 heteroatoms. The van der Waals surface area contributed by atoms with Crippen LogP contribution in [0.25, 0.3) is 6.08 Å². The number of benzene rings is 1. The SMILES string of the molecule is C=CC(=O)N(CC)C(=O)/C=C/c1cc(CC)c(OC)c(OC)c1. The number of nitrogens with zero attached hydrogens (tertiary/aromatic N) is 1. The third-order valence-electron chi connectivity index (χ3n) is 3.40. The van der Waals surface area contributed by atoms with E-state index in [0.717, 1.165) is 28.5 Å². The zero-order valence-corrected chi connectivity index (χ0v) is 14.1. The van der Waals surface area contributed by atoms with Crippen molar-refractivity contribution in [3.8, 4) is 11.5 Å². The summed E-state index contributed by atoms with van der Waals surface area (Å²) in [5, 5.41) is 0. The van der Waals surface area contributed by atoms with Crippen LogP contribution in [0, 0.1) is 0 Å². The van der Waals surface area contributed by atoms with Gasteiger partial charge in [-0.25, -0.2) is 0 Å². The summed E-state index contributed by atoms with van der Waals surface area (Å²) in [6.45, 7) is 7.43. The van der Waals surface area contributed by atoms with Crippen molar-refractivity contribution in [1.82, 2.24) is 4.90 Å². The molecule has 0 unspecified atom stereocenters. The molecule has 0 saturated heterocycles. The van der Waals surface area contributed by atoms with E-state index < -0.39 is 5.91 Å². The smallest absolute Gasteiger partial charge is 0.253 e. The molecular formula is C18H23NO4. The third-order valence-corrected chi connectivity index (χ3v) is 3.40. The largest absolute Gasteiger partial charge is 0.493 e. The monoisotopic (exact) mass is 317 g/mol. The van der Waals surface area contributed by atoms with E-state index in [-0.39, 0.29) is 5.91 Å². The lowest BCUT2D eigenvalue weighted by Crippen LogP contribution is -2.34. The second-order valence-corrected chi connectivity index (χ2v) is 4.73. The average Bonchev–Trinajstić information content (AvgIpc) is 2.58. The first-order valence-corrected chi connectivity index (χ1v) is 7.43. The highest BCUT2D eigenvalue weighted by molar-refractivity contribution is 6.06. The Balaban J connectivity index is 3.10. The molecule has 1 rings (SSSR count). The molecule has 0 aromatic heterocycles. The number of hydrogen-bond donors (Lipinski definition) is 0. The van der Waals surface area contributed by atoms with Gasteiger partial charge in [0.1, 0.15) is 0 Å². The van der Waals surface area contributed by atoms with Crippen LogP contribution >= 0.6 is 0 Å². The van der Waals surface area contributed by atoms with Crippen molar-refractivity contribution in [1.29, 1.82) is 0 Å². The van der Waals surface area contributed by atoms with Gasteiger partial charge in [-0.05, 0) is 48.8 Å². The molecule has 0 fully saturated rings. The lowest BCUT2D eigenvalue weighted by atomic mass is 10.1. The first-order chi connectivity index (χ1) is 11.0. The van der Waals surface area contributed by atoms with E-state index in [2.05, 4.69) is 6.58 Å². The minimum absolute atomic E-state index is 0.292. The van der Waals surface area contributed by atoms with Gasteiger partial charge in [0.2, 0.25) is 0 Å². The van der Waals surface area contributed by atoms with Crippen LogP contribution < -0.4 is 9.47 Å². The van der Waals surface area contributed by atoms with Crippen LogP contribution in [0.4, 0.5) is 0 Å². The van der Waals surface area contributed by atoms with Gasteiger partial charge in [0.15, 0.2) is 11.5 Å². The van der Waals surface area contributed by atoms with Crippen molar-refractivity contribution in [2.75, 3.05) is 20.8 Å².